The normalized spacial score (nSPS) is 13.2. The van der Waals surface area contributed by atoms with Crippen molar-refractivity contribution >= 4 is 13.6 Å². The molecule has 0 bridgehead atoms. The number of hydrogen-bond acceptors (Lipinski definition) is 5. The van der Waals surface area contributed by atoms with Crippen LogP contribution in [-0.2, 0) is 20.6 Å². The van der Waals surface area contributed by atoms with Crippen molar-refractivity contribution < 1.29 is 29.0 Å². The maximum atomic E-state index is 11.3. The van der Waals surface area contributed by atoms with Crippen molar-refractivity contribution in [2.45, 2.75) is 12.6 Å². The maximum absolute atomic E-state index is 11.3. The van der Waals surface area contributed by atoms with Gasteiger partial charge in [0.15, 0.2) is 6.10 Å². The van der Waals surface area contributed by atoms with Gasteiger partial charge in [0.05, 0.1) is 6.54 Å². The van der Waals surface area contributed by atoms with Crippen molar-refractivity contribution in [2.75, 3.05) is 6.35 Å². The molecule has 0 aromatic carbocycles. The summed E-state index contributed by atoms with van der Waals surface area (Å²) < 4.78 is 16.0. The molecule has 1 rings (SSSR count). The smallest absolute Gasteiger partial charge is 0.351 e. The molecule has 1 aromatic heterocycles. The number of hydrogen-bond donors (Lipinski definition) is 4. The fourth-order valence-corrected chi connectivity index (χ4v) is 1.53. The molecule has 0 aliphatic carbocycles. The lowest BCUT2D eigenvalue weighted by molar-refractivity contribution is -0.150. The predicted molar refractivity (Wildman–Crippen MR) is 60.7 cm³/mol. The van der Waals surface area contributed by atoms with E-state index in [9.17, 15) is 18.9 Å². The average Bonchev–Trinajstić information content (AvgIpc) is 2.24. The van der Waals surface area contributed by atoms with Crippen LogP contribution in [0, 0.1) is 0 Å². The van der Waals surface area contributed by atoms with E-state index in [1.807, 2.05) is 4.98 Å². The van der Waals surface area contributed by atoms with Crippen LogP contribution in [0.4, 0.5) is 0 Å². The van der Waals surface area contributed by atoms with Gasteiger partial charge >= 0.3 is 19.3 Å². The highest BCUT2D eigenvalue weighted by atomic mass is 31.2. The van der Waals surface area contributed by atoms with Gasteiger partial charge in [-0.15, -0.1) is 0 Å². The van der Waals surface area contributed by atoms with Gasteiger partial charge in [-0.1, -0.05) is 0 Å². The molecule has 0 amide bonds. The Morgan fingerprint density at radius 1 is 1.47 bits per heavy atom. The molecule has 1 heterocycles. The largest absolute Gasteiger partial charge is 0.479 e. The van der Waals surface area contributed by atoms with Gasteiger partial charge in [-0.3, -0.25) is 18.9 Å². The summed E-state index contributed by atoms with van der Waals surface area (Å²) in [4.78, 5) is 52.0. The highest BCUT2D eigenvalue weighted by molar-refractivity contribution is 7.51. The monoisotopic (exact) mass is 294 g/mol. The second-order valence-corrected chi connectivity index (χ2v) is 5.14. The standard InChI is InChI=1S/C8H11N2O8P/c11-6-1-2-10(8(14)9-6)3-5(7(12)13)18-4-19(15,16)17/h1-2,5H,3-4H2,(H,12,13)(H,9,11,14)(H2,15,16,17)/t5-/m1/s1. The molecule has 0 fully saturated rings. The molecule has 4 N–H and O–H groups in total. The van der Waals surface area contributed by atoms with Crippen LogP contribution in [0.3, 0.4) is 0 Å². The summed E-state index contributed by atoms with van der Waals surface area (Å²) >= 11 is 0. The summed E-state index contributed by atoms with van der Waals surface area (Å²) in [5.74, 6) is -1.49. The van der Waals surface area contributed by atoms with Crippen molar-refractivity contribution in [1.82, 2.24) is 9.55 Å². The van der Waals surface area contributed by atoms with Crippen LogP contribution in [0.25, 0.3) is 0 Å². The van der Waals surface area contributed by atoms with Crippen LogP contribution in [0.15, 0.2) is 21.9 Å². The zero-order valence-electron chi connectivity index (χ0n) is 9.42. The number of nitrogens with one attached hydrogen (secondary N) is 1. The lowest BCUT2D eigenvalue weighted by Gasteiger charge is -2.15. The van der Waals surface area contributed by atoms with Gasteiger partial charge in [-0.25, -0.2) is 9.59 Å². The molecule has 1 aromatic rings. The molecule has 1 atom stereocenters. The number of aromatic amines is 1. The Morgan fingerprint density at radius 2 is 2.11 bits per heavy atom. The summed E-state index contributed by atoms with van der Waals surface area (Å²) in [7, 11) is -4.51. The lowest BCUT2D eigenvalue weighted by Crippen LogP contribution is -2.36. The van der Waals surface area contributed by atoms with Crippen LogP contribution < -0.4 is 11.2 Å². The van der Waals surface area contributed by atoms with Gasteiger partial charge in [-0.05, 0) is 0 Å². The molecule has 0 unspecified atom stereocenters. The van der Waals surface area contributed by atoms with Crippen LogP contribution >= 0.6 is 7.60 Å². The van der Waals surface area contributed by atoms with Gasteiger partial charge in [0.2, 0.25) is 0 Å². The minimum Gasteiger partial charge on any atom is -0.479 e. The van der Waals surface area contributed by atoms with E-state index in [1.165, 1.54) is 0 Å². The third-order valence-electron chi connectivity index (χ3n) is 1.98. The highest BCUT2D eigenvalue weighted by Crippen LogP contribution is 2.34. The SMILES string of the molecule is O=C(O)[C@@H](Cn1ccc(=O)[nH]c1=O)OCP(=O)(O)O. The lowest BCUT2D eigenvalue weighted by atomic mass is 10.3. The number of carboxylic acids is 1. The predicted octanol–water partition coefficient (Wildman–Crippen LogP) is -1.86. The van der Waals surface area contributed by atoms with Gasteiger partial charge in [0.25, 0.3) is 5.56 Å². The molecule has 10 nitrogen and oxygen atoms in total. The van der Waals surface area contributed by atoms with E-state index < -0.39 is 43.8 Å². The maximum Gasteiger partial charge on any atom is 0.351 e. The highest BCUT2D eigenvalue weighted by Gasteiger charge is 2.24. The number of rotatable bonds is 6. The van der Waals surface area contributed by atoms with E-state index in [4.69, 9.17) is 14.9 Å². The average molecular weight is 294 g/mol. The topological polar surface area (TPSA) is 159 Å². The first-order chi connectivity index (χ1) is 8.69. The van der Waals surface area contributed by atoms with Crippen molar-refractivity contribution in [2.24, 2.45) is 0 Å². The Hall–Kier alpha value is -1.74. The minimum absolute atomic E-state index is 0.495. The van der Waals surface area contributed by atoms with E-state index in [1.54, 1.807) is 0 Å². The first-order valence-electron chi connectivity index (χ1n) is 4.88. The molecule has 0 radical (unpaired) electrons. The Kier molecular flexibility index (Phi) is 4.78. The zero-order valence-corrected chi connectivity index (χ0v) is 10.3. The Labute approximate surface area is 105 Å². The third kappa shape index (κ3) is 5.18. The molecule has 0 spiro atoms. The molecule has 11 heteroatoms. The van der Waals surface area contributed by atoms with Gasteiger partial charge in [0, 0.05) is 12.3 Å². The number of carbonyl (C=O) groups is 1. The summed E-state index contributed by atoms with van der Waals surface area (Å²) in [5.41, 5.74) is -1.50. The van der Waals surface area contributed by atoms with E-state index in [-0.39, 0.29) is 0 Å². The molecular formula is C8H11N2O8P. The minimum atomic E-state index is -4.51. The van der Waals surface area contributed by atoms with E-state index in [0.29, 0.717) is 0 Å². The molecule has 0 aliphatic rings. The Bertz CT molecular complexity index is 614. The second kappa shape index (κ2) is 5.93. The number of ether oxygens (including phenoxy) is 1. The van der Waals surface area contributed by atoms with Crippen molar-refractivity contribution in [3.8, 4) is 0 Å². The Morgan fingerprint density at radius 3 is 2.58 bits per heavy atom. The van der Waals surface area contributed by atoms with Crippen molar-refractivity contribution in [1.29, 1.82) is 0 Å². The van der Waals surface area contributed by atoms with Crippen LogP contribution in [0.1, 0.15) is 0 Å². The van der Waals surface area contributed by atoms with Gasteiger partial charge < -0.3 is 19.6 Å². The van der Waals surface area contributed by atoms with Gasteiger partial charge in [0.1, 0.15) is 6.35 Å². The summed E-state index contributed by atoms with van der Waals surface area (Å²) in [6.07, 6.45) is -1.66. The summed E-state index contributed by atoms with van der Waals surface area (Å²) in [6, 6.07) is 1.00. The number of aliphatic carboxylic acids is 1. The number of nitrogens with zero attached hydrogens (tertiary/aromatic N) is 1. The number of aromatic nitrogens is 2. The van der Waals surface area contributed by atoms with E-state index in [0.717, 1.165) is 16.8 Å². The van der Waals surface area contributed by atoms with E-state index >= 15 is 0 Å². The third-order valence-corrected chi connectivity index (χ3v) is 2.46. The van der Waals surface area contributed by atoms with Crippen LogP contribution in [-0.4, -0.2) is 42.9 Å². The number of carboxylic acid groups (broad SMARTS) is 1. The van der Waals surface area contributed by atoms with Crippen molar-refractivity contribution in [3.05, 3.63) is 33.1 Å². The molecule has 0 saturated carbocycles. The van der Waals surface area contributed by atoms with Crippen LogP contribution in [0.2, 0.25) is 0 Å². The molecule has 106 valence electrons. The van der Waals surface area contributed by atoms with Crippen molar-refractivity contribution in [3.63, 3.8) is 0 Å². The molecular weight excluding hydrogens is 283 g/mol. The fraction of sp³-hybridized carbons (Fsp3) is 0.375. The molecule has 0 saturated heterocycles. The number of H-pyrrole nitrogens is 1. The Balaban J connectivity index is 2.84. The van der Waals surface area contributed by atoms with Crippen LogP contribution in [0.5, 0.6) is 0 Å². The fourth-order valence-electron chi connectivity index (χ4n) is 1.16. The first kappa shape index (κ1) is 15.3. The second-order valence-electron chi connectivity index (χ2n) is 3.55. The molecule has 19 heavy (non-hydrogen) atoms. The summed E-state index contributed by atoms with van der Waals surface area (Å²) in [6.45, 7) is -0.495. The van der Waals surface area contributed by atoms with E-state index in [2.05, 4.69) is 4.74 Å². The van der Waals surface area contributed by atoms with Gasteiger partial charge in [-0.2, -0.15) is 0 Å². The first-order valence-corrected chi connectivity index (χ1v) is 6.67. The quantitative estimate of drug-likeness (QED) is 0.444. The summed E-state index contributed by atoms with van der Waals surface area (Å²) in [5, 5.41) is 8.81. The molecule has 0 aliphatic heterocycles. The zero-order chi connectivity index (χ0) is 14.6.